The minimum atomic E-state index is -3.18. The molecule has 1 amide bonds. The van der Waals surface area contributed by atoms with Gasteiger partial charge in [-0.05, 0) is 49.1 Å². The second kappa shape index (κ2) is 9.08. The van der Waals surface area contributed by atoms with Gasteiger partial charge in [-0.25, -0.2) is 12.8 Å². The van der Waals surface area contributed by atoms with E-state index in [0.717, 1.165) is 0 Å². The molecule has 7 heteroatoms. The van der Waals surface area contributed by atoms with E-state index in [1.54, 1.807) is 29.2 Å². The molecule has 0 bridgehead atoms. The lowest BCUT2D eigenvalue weighted by Gasteiger charge is -2.32. The summed E-state index contributed by atoms with van der Waals surface area (Å²) in [5, 5.41) is -0.431. The fraction of sp³-hybridized carbons (Fsp3) is 0.391. The molecule has 30 heavy (non-hydrogen) atoms. The highest BCUT2D eigenvalue weighted by Crippen LogP contribution is 2.23. The Morgan fingerprint density at radius 1 is 1.00 bits per heavy atom. The summed E-state index contributed by atoms with van der Waals surface area (Å²) in [6, 6.07) is 11.8. The molecule has 2 aromatic carbocycles. The molecule has 0 aromatic heterocycles. The number of likely N-dealkylation sites (tertiary alicyclic amines) is 1. The molecule has 2 aromatic rings. The zero-order valence-electron chi connectivity index (χ0n) is 17.2. The Bertz CT molecular complexity index is 1020. The highest BCUT2D eigenvalue weighted by atomic mass is 32.2. The second-order valence-electron chi connectivity index (χ2n) is 8.10. The van der Waals surface area contributed by atoms with Gasteiger partial charge < -0.3 is 4.90 Å². The third-order valence-corrected chi connectivity index (χ3v) is 7.93. The lowest BCUT2D eigenvalue weighted by Crippen LogP contribution is -2.43. The van der Waals surface area contributed by atoms with Gasteiger partial charge in [0, 0.05) is 24.2 Å². The molecule has 5 nitrogen and oxygen atoms in total. The molecule has 1 heterocycles. The number of hydrogen-bond acceptors (Lipinski definition) is 4. The number of carbonyl (C=O) groups is 2. The van der Waals surface area contributed by atoms with E-state index in [1.165, 1.54) is 24.3 Å². The zero-order chi connectivity index (χ0) is 21.9. The van der Waals surface area contributed by atoms with Crippen LogP contribution in [-0.4, -0.2) is 49.1 Å². The molecule has 1 aliphatic rings. The summed E-state index contributed by atoms with van der Waals surface area (Å²) in [7, 11) is -3.18. The van der Waals surface area contributed by atoms with Crippen molar-refractivity contribution in [2.24, 2.45) is 5.92 Å². The number of hydrogen-bond donors (Lipinski definition) is 0. The molecular weight excluding hydrogens is 405 g/mol. The van der Waals surface area contributed by atoms with Crippen LogP contribution in [0.2, 0.25) is 0 Å². The van der Waals surface area contributed by atoms with Crippen molar-refractivity contribution in [2.75, 3.05) is 18.8 Å². The van der Waals surface area contributed by atoms with E-state index >= 15 is 0 Å². The maximum atomic E-state index is 13.2. The molecule has 3 rings (SSSR count). The van der Waals surface area contributed by atoms with Gasteiger partial charge in [-0.3, -0.25) is 9.59 Å². The number of carbonyl (C=O) groups excluding carboxylic acids is 2. The standard InChI is InChI=1S/C23H26FNO4S/c1-16(2)15-30(28,29)19-11-13-25(14-12-19)23(27)21-6-4-3-5-20(21)22(26)17-7-9-18(24)10-8-17/h3-10,16,19H,11-15H2,1-2H3. The van der Waals surface area contributed by atoms with E-state index in [9.17, 15) is 22.4 Å². The Balaban J connectivity index is 1.76. The van der Waals surface area contributed by atoms with Gasteiger partial charge in [0.15, 0.2) is 15.6 Å². The Morgan fingerprint density at radius 3 is 2.13 bits per heavy atom. The monoisotopic (exact) mass is 431 g/mol. The summed E-state index contributed by atoms with van der Waals surface area (Å²) in [5.74, 6) is -0.861. The Morgan fingerprint density at radius 2 is 1.57 bits per heavy atom. The summed E-state index contributed by atoms with van der Waals surface area (Å²) < 4.78 is 38.2. The number of halogens is 1. The average Bonchev–Trinajstić information content (AvgIpc) is 2.72. The minimum absolute atomic E-state index is 0.0685. The fourth-order valence-electron chi connectivity index (χ4n) is 3.81. The van der Waals surface area contributed by atoms with E-state index in [0.29, 0.717) is 31.5 Å². The number of sulfone groups is 1. The van der Waals surface area contributed by atoms with Crippen molar-refractivity contribution < 1.29 is 22.4 Å². The van der Waals surface area contributed by atoms with Gasteiger partial charge in [0.1, 0.15) is 5.82 Å². The first-order chi connectivity index (χ1) is 14.2. The lowest BCUT2D eigenvalue weighted by molar-refractivity contribution is 0.0721. The number of ketones is 1. The Hall–Kier alpha value is -2.54. The fourth-order valence-corrected chi connectivity index (χ4v) is 5.94. The molecule has 0 aliphatic carbocycles. The van der Waals surface area contributed by atoms with Crippen molar-refractivity contribution in [3.8, 4) is 0 Å². The van der Waals surface area contributed by atoms with Crippen LogP contribution in [0.1, 0.15) is 53.0 Å². The van der Waals surface area contributed by atoms with E-state index in [-0.39, 0.29) is 34.5 Å². The molecule has 1 fully saturated rings. The van der Waals surface area contributed by atoms with Crippen molar-refractivity contribution >= 4 is 21.5 Å². The van der Waals surface area contributed by atoms with Gasteiger partial charge in [0.25, 0.3) is 5.91 Å². The van der Waals surface area contributed by atoms with Crippen LogP contribution < -0.4 is 0 Å². The summed E-state index contributed by atoms with van der Waals surface area (Å²) in [6.07, 6.45) is 0.795. The van der Waals surface area contributed by atoms with Crippen LogP contribution in [0.5, 0.6) is 0 Å². The summed E-state index contributed by atoms with van der Waals surface area (Å²) in [4.78, 5) is 27.6. The van der Waals surface area contributed by atoms with Gasteiger partial charge in [-0.1, -0.05) is 32.0 Å². The maximum Gasteiger partial charge on any atom is 0.254 e. The van der Waals surface area contributed by atoms with Gasteiger partial charge in [-0.2, -0.15) is 0 Å². The lowest BCUT2D eigenvalue weighted by atomic mass is 9.97. The zero-order valence-corrected chi connectivity index (χ0v) is 18.0. The van der Waals surface area contributed by atoms with Crippen molar-refractivity contribution in [3.63, 3.8) is 0 Å². The number of amides is 1. The first-order valence-electron chi connectivity index (χ1n) is 10.1. The topological polar surface area (TPSA) is 71.5 Å². The third kappa shape index (κ3) is 4.95. The van der Waals surface area contributed by atoms with Gasteiger partial charge in [0.2, 0.25) is 0 Å². The van der Waals surface area contributed by atoms with Gasteiger partial charge in [0.05, 0.1) is 16.6 Å². The van der Waals surface area contributed by atoms with Crippen LogP contribution in [0.4, 0.5) is 4.39 Å². The van der Waals surface area contributed by atoms with E-state index in [4.69, 9.17) is 0 Å². The molecule has 0 unspecified atom stereocenters. The second-order valence-corrected chi connectivity index (χ2v) is 10.4. The van der Waals surface area contributed by atoms with Crippen LogP contribution in [-0.2, 0) is 9.84 Å². The third-order valence-electron chi connectivity index (χ3n) is 5.31. The van der Waals surface area contributed by atoms with E-state index in [1.807, 2.05) is 13.8 Å². The van der Waals surface area contributed by atoms with Crippen LogP contribution in [0, 0.1) is 11.7 Å². The number of rotatable bonds is 6. The molecule has 160 valence electrons. The van der Waals surface area contributed by atoms with Crippen molar-refractivity contribution in [2.45, 2.75) is 31.9 Å². The Labute approximate surface area is 176 Å². The average molecular weight is 432 g/mol. The van der Waals surface area contributed by atoms with E-state index < -0.39 is 20.9 Å². The summed E-state index contributed by atoms with van der Waals surface area (Å²) >= 11 is 0. The molecule has 1 saturated heterocycles. The molecule has 0 radical (unpaired) electrons. The molecule has 1 aliphatic heterocycles. The largest absolute Gasteiger partial charge is 0.339 e. The van der Waals surface area contributed by atoms with Gasteiger partial charge >= 0.3 is 0 Å². The normalized spacial score (nSPS) is 15.4. The smallest absolute Gasteiger partial charge is 0.254 e. The molecule has 0 spiro atoms. The first-order valence-corrected chi connectivity index (χ1v) is 11.8. The molecule has 0 N–H and O–H groups in total. The number of benzene rings is 2. The highest BCUT2D eigenvalue weighted by Gasteiger charge is 2.33. The van der Waals surface area contributed by atoms with Crippen LogP contribution >= 0.6 is 0 Å². The maximum absolute atomic E-state index is 13.2. The highest BCUT2D eigenvalue weighted by molar-refractivity contribution is 7.92. The number of piperidine rings is 1. The molecule has 0 atom stereocenters. The predicted octanol–water partition coefficient (Wildman–Crippen LogP) is 3.73. The van der Waals surface area contributed by atoms with Crippen LogP contribution in [0.3, 0.4) is 0 Å². The first kappa shape index (κ1) is 22.2. The number of nitrogens with zero attached hydrogens (tertiary/aromatic N) is 1. The van der Waals surface area contributed by atoms with Crippen molar-refractivity contribution in [1.29, 1.82) is 0 Å². The minimum Gasteiger partial charge on any atom is -0.339 e. The summed E-state index contributed by atoms with van der Waals surface area (Å²) in [5.41, 5.74) is 0.828. The van der Waals surface area contributed by atoms with E-state index in [2.05, 4.69) is 0 Å². The molecular formula is C23H26FNO4S. The van der Waals surface area contributed by atoms with Crippen LogP contribution in [0.15, 0.2) is 48.5 Å². The van der Waals surface area contributed by atoms with Gasteiger partial charge in [-0.15, -0.1) is 0 Å². The van der Waals surface area contributed by atoms with Crippen LogP contribution in [0.25, 0.3) is 0 Å². The summed E-state index contributed by atoms with van der Waals surface area (Å²) in [6.45, 7) is 4.43. The predicted molar refractivity (Wildman–Crippen MR) is 114 cm³/mol. The quantitative estimate of drug-likeness (QED) is 0.654. The SMILES string of the molecule is CC(C)CS(=O)(=O)C1CCN(C(=O)c2ccccc2C(=O)c2ccc(F)cc2)CC1. The van der Waals surface area contributed by atoms with Crippen molar-refractivity contribution in [1.82, 2.24) is 4.90 Å². The molecule has 0 saturated carbocycles. The Kier molecular flexibility index (Phi) is 6.71. The van der Waals surface area contributed by atoms with Crippen molar-refractivity contribution in [3.05, 3.63) is 71.0 Å².